The molecule has 2 aromatic rings. The van der Waals surface area contributed by atoms with Crippen LogP contribution in [0.1, 0.15) is 0 Å². The lowest BCUT2D eigenvalue weighted by Gasteiger charge is -2.14. The average Bonchev–Trinajstić information content (AvgIpc) is 2.51. The molecule has 128 valence electrons. The Balaban J connectivity index is 2.56. The number of ether oxygens (including phenoxy) is 1. The van der Waals surface area contributed by atoms with Gasteiger partial charge in [0.05, 0.1) is 19.8 Å². The van der Waals surface area contributed by atoms with Crippen molar-refractivity contribution in [1.29, 1.82) is 0 Å². The zero-order chi connectivity index (χ0) is 18.1. The molecule has 0 bridgehead atoms. The van der Waals surface area contributed by atoms with Gasteiger partial charge in [-0.3, -0.25) is 0 Å². The van der Waals surface area contributed by atoms with Crippen molar-refractivity contribution < 1.29 is 18.3 Å². The Hall–Kier alpha value is -1.11. The smallest absolute Gasteiger partial charge is 0.206 e. The minimum absolute atomic E-state index is 0.0144. The summed E-state index contributed by atoms with van der Waals surface area (Å²) in [7, 11) is -4.04. The van der Waals surface area contributed by atoms with Crippen molar-refractivity contribution in [3.8, 4) is 11.5 Å². The summed E-state index contributed by atoms with van der Waals surface area (Å²) in [6.07, 6.45) is 1.49. The number of sulfone groups is 1. The first-order chi connectivity index (χ1) is 11.2. The largest absolute Gasteiger partial charge is 0.870 e. The van der Waals surface area contributed by atoms with E-state index in [9.17, 15) is 13.5 Å². The monoisotopic (exact) mass is 425 g/mol. The van der Waals surface area contributed by atoms with Crippen LogP contribution in [0.5, 0.6) is 11.5 Å². The second-order valence-corrected chi connectivity index (χ2v) is 8.11. The molecule has 0 saturated heterocycles. The van der Waals surface area contributed by atoms with Gasteiger partial charge in [0.25, 0.3) is 0 Å². The number of hydrogen-bond acceptors (Lipinski definition) is 4. The van der Waals surface area contributed by atoms with E-state index >= 15 is 0 Å². The van der Waals surface area contributed by atoms with Gasteiger partial charge in [-0.2, -0.15) is 0 Å². The molecule has 0 heterocycles. The van der Waals surface area contributed by atoms with Gasteiger partial charge in [-0.25, -0.2) is 8.42 Å². The van der Waals surface area contributed by atoms with Crippen LogP contribution in [-0.4, -0.2) is 15.0 Å². The Bertz CT molecular complexity index is 864. The molecule has 4 nitrogen and oxygen atoms in total. The summed E-state index contributed by atoms with van der Waals surface area (Å²) in [5.74, 6) is -0.510. The molecule has 2 aromatic carbocycles. The molecule has 9 heteroatoms. The zero-order valence-corrected chi connectivity index (χ0v) is 15.7. The van der Waals surface area contributed by atoms with Crippen LogP contribution in [0.3, 0.4) is 0 Å². The minimum Gasteiger partial charge on any atom is -0.870 e. The molecular formula is C15H9Cl4O4S-. The highest BCUT2D eigenvalue weighted by Gasteiger charge is 2.22. The van der Waals surface area contributed by atoms with Crippen LogP contribution in [0.15, 0.2) is 46.7 Å². The van der Waals surface area contributed by atoms with Crippen molar-refractivity contribution in [2.75, 3.05) is 6.61 Å². The SMILES string of the molecule is C=CCOc1c(Cl)cc(S(=O)(=O)c2cc(Cl)c([O-])c(Cl)c2)cc1Cl. The van der Waals surface area contributed by atoms with Crippen LogP contribution in [0.25, 0.3) is 0 Å². The Morgan fingerprint density at radius 2 is 1.38 bits per heavy atom. The first-order valence-corrected chi connectivity index (χ1v) is 9.32. The summed E-state index contributed by atoms with van der Waals surface area (Å²) in [4.78, 5) is -0.432. The van der Waals surface area contributed by atoms with Crippen molar-refractivity contribution >= 4 is 56.2 Å². The minimum atomic E-state index is -4.04. The Morgan fingerprint density at radius 1 is 0.958 bits per heavy atom. The van der Waals surface area contributed by atoms with Crippen LogP contribution in [-0.2, 0) is 9.84 Å². The molecule has 0 atom stereocenters. The molecule has 0 saturated carbocycles. The van der Waals surface area contributed by atoms with E-state index in [1.165, 1.54) is 18.2 Å². The highest BCUT2D eigenvalue weighted by Crippen LogP contribution is 2.39. The van der Waals surface area contributed by atoms with E-state index in [-0.39, 0.29) is 42.2 Å². The standard InChI is InChI=1S/C15H10Cl4O4S/c1-2-3-23-15-12(18)6-9(7-13(15)19)24(21,22)8-4-10(16)14(20)11(17)5-8/h2,4-7,20H,1,3H2/p-1. The van der Waals surface area contributed by atoms with E-state index in [0.29, 0.717) is 0 Å². The molecule has 2 rings (SSSR count). The summed E-state index contributed by atoms with van der Waals surface area (Å²) in [6, 6.07) is 4.42. The second kappa shape index (κ2) is 7.42. The van der Waals surface area contributed by atoms with Gasteiger partial charge in [0.1, 0.15) is 6.61 Å². The summed E-state index contributed by atoms with van der Waals surface area (Å²) < 4.78 is 30.7. The zero-order valence-electron chi connectivity index (χ0n) is 11.9. The predicted octanol–water partition coefficient (Wildman–Crippen LogP) is 4.77. The average molecular weight is 427 g/mol. The van der Waals surface area contributed by atoms with Crippen LogP contribution in [0.4, 0.5) is 0 Å². The summed E-state index contributed by atoms with van der Waals surface area (Å²) >= 11 is 23.5. The summed E-state index contributed by atoms with van der Waals surface area (Å²) in [5, 5.41) is 10.9. The van der Waals surface area contributed by atoms with Crippen LogP contribution < -0.4 is 9.84 Å². The van der Waals surface area contributed by atoms with E-state index in [4.69, 9.17) is 51.1 Å². The van der Waals surface area contributed by atoms with Gasteiger partial charge in [-0.1, -0.05) is 64.8 Å². The number of halogens is 4. The molecule has 0 fully saturated rings. The Kier molecular flexibility index (Phi) is 5.94. The van der Waals surface area contributed by atoms with E-state index in [0.717, 1.165) is 12.1 Å². The van der Waals surface area contributed by atoms with Gasteiger partial charge in [-0.05, 0) is 24.3 Å². The van der Waals surface area contributed by atoms with Crippen molar-refractivity contribution in [3.63, 3.8) is 0 Å². The molecular weight excluding hydrogens is 418 g/mol. The van der Waals surface area contributed by atoms with Gasteiger partial charge >= 0.3 is 0 Å². The van der Waals surface area contributed by atoms with Crippen molar-refractivity contribution in [3.05, 3.63) is 57.0 Å². The third-order valence-electron chi connectivity index (χ3n) is 2.91. The molecule has 0 unspecified atom stereocenters. The third kappa shape index (κ3) is 3.76. The van der Waals surface area contributed by atoms with Gasteiger partial charge in [0.15, 0.2) is 5.75 Å². The van der Waals surface area contributed by atoms with Crippen molar-refractivity contribution in [2.45, 2.75) is 9.79 Å². The first-order valence-electron chi connectivity index (χ1n) is 6.32. The van der Waals surface area contributed by atoms with Crippen LogP contribution in [0.2, 0.25) is 20.1 Å². The topological polar surface area (TPSA) is 66.4 Å². The van der Waals surface area contributed by atoms with E-state index < -0.39 is 15.6 Å². The first kappa shape index (κ1) is 19.2. The number of hydrogen-bond donors (Lipinski definition) is 0. The molecule has 0 aromatic heterocycles. The Labute approximate surface area is 159 Å². The van der Waals surface area contributed by atoms with Crippen molar-refractivity contribution in [2.24, 2.45) is 0 Å². The van der Waals surface area contributed by atoms with Gasteiger partial charge in [0, 0.05) is 10.0 Å². The number of rotatable bonds is 5. The molecule has 0 N–H and O–H groups in total. The number of benzene rings is 2. The Morgan fingerprint density at radius 3 is 1.79 bits per heavy atom. The second-order valence-electron chi connectivity index (χ2n) is 4.54. The lowest BCUT2D eigenvalue weighted by molar-refractivity contribution is -0.268. The maximum Gasteiger partial charge on any atom is 0.206 e. The van der Waals surface area contributed by atoms with E-state index in [1.807, 2.05) is 0 Å². The van der Waals surface area contributed by atoms with E-state index in [1.54, 1.807) is 0 Å². The molecule has 0 aliphatic carbocycles. The molecule has 0 aliphatic rings. The normalized spacial score (nSPS) is 11.3. The summed E-state index contributed by atoms with van der Waals surface area (Å²) in [6.45, 7) is 3.65. The molecule has 0 aliphatic heterocycles. The third-order valence-corrected chi connectivity index (χ3v) is 5.75. The van der Waals surface area contributed by atoms with Crippen LogP contribution >= 0.6 is 46.4 Å². The molecule has 0 spiro atoms. The summed E-state index contributed by atoms with van der Waals surface area (Å²) in [5.41, 5.74) is 0. The fraction of sp³-hybridized carbons (Fsp3) is 0.0667. The lowest BCUT2D eigenvalue weighted by atomic mass is 10.3. The maximum atomic E-state index is 12.7. The van der Waals surface area contributed by atoms with Gasteiger partial charge < -0.3 is 9.84 Å². The fourth-order valence-corrected chi connectivity index (χ4v) is 4.51. The van der Waals surface area contributed by atoms with Gasteiger partial charge in [-0.15, -0.1) is 0 Å². The lowest BCUT2D eigenvalue weighted by Crippen LogP contribution is -2.05. The van der Waals surface area contributed by atoms with Crippen LogP contribution in [0, 0.1) is 0 Å². The fourth-order valence-electron chi connectivity index (χ4n) is 1.80. The predicted molar refractivity (Wildman–Crippen MR) is 93.5 cm³/mol. The molecule has 24 heavy (non-hydrogen) atoms. The van der Waals surface area contributed by atoms with E-state index in [2.05, 4.69) is 6.58 Å². The highest BCUT2D eigenvalue weighted by atomic mass is 35.5. The van der Waals surface area contributed by atoms with Crippen molar-refractivity contribution in [1.82, 2.24) is 0 Å². The molecule has 0 radical (unpaired) electrons. The molecule has 0 amide bonds. The van der Waals surface area contributed by atoms with Gasteiger partial charge in [0.2, 0.25) is 9.84 Å². The quantitative estimate of drug-likeness (QED) is 0.645. The maximum absolute atomic E-state index is 12.7. The highest BCUT2D eigenvalue weighted by molar-refractivity contribution is 7.91.